The Morgan fingerprint density at radius 1 is 0.963 bits per heavy atom. The van der Waals surface area contributed by atoms with E-state index in [4.69, 9.17) is 4.74 Å². The highest BCUT2D eigenvalue weighted by Gasteiger charge is 2.24. The molecule has 3 amide bonds. The van der Waals surface area contributed by atoms with Crippen molar-refractivity contribution in [2.75, 3.05) is 30.3 Å². The summed E-state index contributed by atoms with van der Waals surface area (Å²) in [7, 11) is 0. The summed E-state index contributed by atoms with van der Waals surface area (Å²) in [5, 5.41) is 5.55. The van der Waals surface area contributed by atoms with Crippen LogP contribution in [0.1, 0.15) is 12.0 Å². The van der Waals surface area contributed by atoms with Gasteiger partial charge in [0, 0.05) is 17.8 Å². The Labute approximate surface area is 157 Å². The molecular weight excluding hydrogens is 346 g/mol. The van der Waals surface area contributed by atoms with Gasteiger partial charge in [-0.1, -0.05) is 36.4 Å². The van der Waals surface area contributed by atoms with E-state index in [1.807, 2.05) is 30.3 Å². The molecule has 2 aromatic carbocycles. The van der Waals surface area contributed by atoms with E-state index in [2.05, 4.69) is 10.6 Å². The van der Waals surface area contributed by atoms with Gasteiger partial charge in [0.05, 0.1) is 6.54 Å². The zero-order chi connectivity index (χ0) is 19.1. The van der Waals surface area contributed by atoms with Crippen molar-refractivity contribution < 1.29 is 19.1 Å². The van der Waals surface area contributed by atoms with Crippen molar-refractivity contribution in [1.29, 1.82) is 0 Å². The molecule has 2 aromatic rings. The Balaban J connectivity index is 1.49. The largest absolute Gasteiger partial charge is 0.448 e. The van der Waals surface area contributed by atoms with Crippen molar-refractivity contribution in [3.05, 3.63) is 60.2 Å². The van der Waals surface area contributed by atoms with E-state index in [9.17, 15) is 14.4 Å². The normalized spacial score (nSPS) is 13.2. The van der Waals surface area contributed by atoms with Crippen LogP contribution in [-0.4, -0.2) is 42.5 Å². The molecule has 1 saturated heterocycles. The molecule has 27 heavy (non-hydrogen) atoms. The number of hydrogen-bond acceptors (Lipinski definition) is 4. The summed E-state index contributed by atoms with van der Waals surface area (Å²) >= 11 is 0. The van der Waals surface area contributed by atoms with Crippen molar-refractivity contribution in [1.82, 2.24) is 4.90 Å². The van der Waals surface area contributed by atoms with Crippen LogP contribution in [0.3, 0.4) is 0 Å². The quantitative estimate of drug-likeness (QED) is 0.788. The summed E-state index contributed by atoms with van der Waals surface area (Å²) in [5.74, 6) is -0.413. The van der Waals surface area contributed by atoms with E-state index in [0.717, 1.165) is 5.56 Å². The fourth-order valence-electron chi connectivity index (χ4n) is 2.74. The van der Waals surface area contributed by atoms with Gasteiger partial charge in [0.2, 0.25) is 11.8 Å². The smallest absolute Gasteiger partial charge is 0.410 e. The summed E-state index contributed by atoms with van der Waals surface area (Å²) in [6.45, 7) is 0.646. The summed E-state index contributed by atoms with van der Waals surface area (Å²) in [6.07, 6.45) is 0.553. The minimum atomic E-state index is -0.482. The molecule has 0 spiro atoms. The maximum absolute atomic E-state index is 12.1. The van der Waals surface area contributed by atoms with E-state index in [1.54, 1.807) is 24.3 Å². The summed E-state index contributed by atoms with van der Waals surface area (Å²) in [4.78, 5) is 36.9. The molecule has 1 heterocycles. The zero-order valence-electron chi connectivity index (χ0n) is 14.8. The second-order valence-corrected chi connectivity index (χ2v) is 6.20. The van der Waals surface area contributed by atoms with Crippen molar-refractivity contribution in [2.45, 2.75) is 12.8 Å². The van der Waals surface area contributed by atoms with Gasteiger partial charge in [0.25, 0.3) is 0 Å². The first-order chi connectivity index (χ1) is 13.1. The molecular formula is C20H21N3O4. The number of anilines is 2. The molecule has 0 radical (unpaired) electrons. The lowest BCUT2D eigenvalue weighted by molar-refractivity contribution is -0.117. The number of nitrogens with zero attached hydrogens (tertiary/aromatic N) is 1. The molecule has 3 rings (SSSR count). The van der Waals surface area contributed by atoms with Crippen LogP contribution < -0.4 is 10.6 Å². The number of nitrogens with one attached hydrogen (secondary N) is 2. The lowest BCUT2D eigenvalue weighted by Gasteiger charge is -2.13. The number of aryl methyl sites for hydroxylation is 1. The topological polar surface area (TPSA) is 87.7 Å². The highest BCUT2D eigenvalue weighted by atomic mass is 16.6. The number of carbonyl (C=O) groups is 3. The second-order valence-electron chi connectivity index (χ2n) is 6.20. The van der Waals surface area contributed by atoms with Crippen LogP contribution in [0.2, 0.25) is 0 Å². The average molecular weight is 367 g/mol. The lowest BCUT2D eigenvalue weighted by Crippen LogP contribution is -2.33. The van der Waals surface area contributed by atoms with Crippen LogP contribution in [0, 0.1) is 0 Å². The van der Waals surface area contributed by atoms with Gasteiger partial charge in [-0.2, -0.15) is 0 Å². The Hall–Kier alpha value is -3.35. The Morgan fingerprint density at radius 3 is 2.33 bits per heavy atom. The highest BCUT2D eigenvalue weighted by molar-refractivity contribution is 5.96. The van der Waals surface area contributed by atoms with Crippen molar-refractivity contribution in [2.24, 2.45) is 0 Å². The monoisotopic (exact) mass is 367 g/mol. The predicted octanol–water partition coefficient (Wildman–Crippen LogP) is 2.65. The van der Waals surface area contributed by atoms with E-state index in [1.165, 1.54) is 4.90 Å². The number of ether oxygens (including phenoxy) is 1. The Morgan fingerprint density at radius 2 is 1.67 bits per heavy atom. The molecule has 0 bridgehead atoms. The highest BCUT2D eigenvalue weighted by Crippen LogP contribution is 2.16. The lowest BCUT2D eigenvalue weighted by atomic mass is 10.1. The van der Waals surface area contributed by atoms with Gasteiger partial charge in [-0.05, 0) is 30.2 Å². The molecule has 0 aromatic heterocycles. The average Bonchev–Trinajstić information content (AvgIpc) is 3.05. The van der Waals surface area contributed by atoms with Crippen molar-refractivity contribution >= 4 is 29.3 Å². The SMILES string of the molecule is O=C(CCc1ccccc1)Nc1cccc(NC(=O)CN2CCOC2=O)c1. The Kier molecular flexibility index (Phi) is 6.04. The van der Waals surface area contributed by atoms with Crippen molar-refractivity contribution in [3.63, 3.8) is 0 Å². The molecule has 1 fully saturated rings. The molecule has 0 saturated carbocycles. The molecule has 2 N–H and O–H groups in total. The molecule has 140 valence electrons. The van der Waals surface area contributed by atoms with Crippen LogP contribution >= 0.6 is 0 Å². The van der Waals surface area contributed by atoms with Crippen LogP contribution in [0.25, 0.3) is 0 Å². The van der Waals surface area contributed by atoms with Gasteiger partial charge in [0.1, 0.15) is 13.2 Å². The first kappa shape index (κ1) is 18.4. The van der Waals surface area contributed by atoms with Gasteiger partial charge in [0.15, 0.2) is 0 Å². The third-order valence-electron chi connectivity index (χ3n) is 4.09. The van der Waals surface area contributed by atoms with Gasteiger partial charge < -0.3 is 15.4 Å². The second kappa shape index (κ2) is 8.84. The molecule has 0 unspecified atom stereocenters. The van der Waals surface area contributed by atoms with Gasteiger partial charge >= 0.3 is 6.09 Å². The molecule has 0 atom stereocenters. The molecule has 1 aliphatic heterocycles. The van der Waals surface area contributed by atoms with Gasteiger partial charge in [-0.25, -0.2) is 4.79 Å². The van der Waals surface area contributed by atoms with Crippen LogP contribution in [0.4, 0.5) is 16.2 Å². The standard InChI is InChI=1S/C20H21N3O4/c24-18(10-9-15-5-2-1-3-6-15)21-16-7-4-8-17(13-16)22-19(25)14-23-11-12-27-20(23)26/h1-8,13H,9-12,14H2,(H,21,24)(H,22,25). The predicted molar refractivity (Wildman–Crippen MR) is 101 cm³/mol. The third-order valence-corrected chi connectivity index (χ3v) is 4.09. The molecule has 0 aliphatic carbocycles. The van der Waals surface area contributed by atoms with Crippen LogP contribution in [-0.2, 0) is 20.7 Å². The maximum atomic E-state index is 12.1. The van der Waals surface area contributed by atoms with E-state index in [-0.39, 0.29) is 18.4 Å². The van der Waals surface area contributed by atoms with Gasteiger partial charge in [-0.15, -0.1) is 0 Å². The van der Waals surface area contributed by atoms with Crippen LogP contribution in [0.15, 0.2) is 54.6 Å². The maximum Gasteiger partial charge on any atom is 0.410 e. The van der Waals surface area contributed by atoms with E-state index < -0.39 is 6.09 Å². The minimum absolute atomic E-state index is 0.0630. The minimum Gasteiger partial charge on any atom is -0.448 e. The number of benzene rings is 2. The van der Waals surface area contributed by atoms with E-state index in [0.29, 0.717) is 37.4 Å². The summed E-state index contributed by atoms with van der Waals surface area (Å²) in [5.41, 5.74) is 2.26. The third kappa shape index (κ3) is 5.57. The van der Waals surface area contributed by atoms with Gasteiger partial charge in [-0.3, -0.25) is 14.5 Å². The first-order valence-electron chi connectivity index (χ1n) is 8.75. The molecule has 7 heteroatoms. The van der Waals surface area contributed by atoms with E-state index >= 15 is 0 Å². The fraction of sp³-hybridized carbons (Fsp3) is 0.250. The number of hydrogen-bond donors (Lipinski definition) is 2. The number of carbonyl (C=O) groups excluding carboxylic acids is 3. The summed E-state index contributed by atoms with van der Waals surface area (Å²) in [6, 6.07) is 16.7. The number of rotatable bonds is 7. The zero-order valence-corrected chi connectivity index (χ0v) is 14.8. The number of cyclic esters (lactones) is 1. The van der Waals surface area contributed by atoms with Crippen molar-refractivity contribution in [3.8, 4) is 0 Å². The Bertz CT molecular complexity index is 823. The summed E-state index contributed by atoms with van der Waals surface area (Å²) < 4.78 is 4.79. The number of amides is 3. The van der Waals surface area contributed by atoms with Crippen LogP contribution in [0.5, 0.6) is 0 Å². The molecule has 7 nitrogen and oxygen atoms in total. The first-order valence-corrected chi connectivity index (χ1v) is 8.75. The molecule has 1 aliphatic rings. The fourth-order valence-corrected chi connectivity index (χ4v) is 2.74.